The molecule has 2 aliphatic rings. The Bertz CT molecular complexity index is 682. The minimum absolute atomic E-state index is 0.308. The van der Waals surface area contributed by atoms with Gasteiger partial charge in [0.25, 0.3) is 0 Å². The topological polar surface area (TPSA) is 36.4 Å². The van der Waals surface area contributed by atoms with Crippen LogP contribution in [0.4, 0.5) is 5.82 Å². The van der Waals surface area contributed by atoms with E-state index in [1.807, 2.05) is 11.1 Å². The molecule has 0 spiro atoms. The molecule has 2 aromatic rings. The summed E-state index contributed by atoms with van der Waals surface area (Å²) in [6.45, 7) is 3.39. The van der Waals surface area contributed by atoms with E-state index in [0.717, 1.165) is 44.8 Å². The zero-order valence-electron chi connectivity index (χ0n) is 12.7. The lowest BCUT2D eigenvalue weighted by Crippen LogP contribution is -2.51. The van der Waals surface area contributed by atoms with E-state index in [0.29, 0.717) is 11.8 Å². The number of nitrogens with zero attached hydrogens (tertiary/aromatic N) is 3. The van der Waals surface area contributed by atoms with E-state index in [4.69, 9.17) is 0 Å². The summed E-state index contributed by atoms with van der Waals surface area (Å²) >= 11 is 0. The number of hydrogen-bond acceptors (Lipinski definition) is 3. The number of aromatic nitrogens is 1. The Kier molecular flexibility index (Phi) is 3.45. The van der Waals surface area contributed by atoms with Crippen molar-refractivity contribution in [2.75, 3.05) is 31.1 Å². The first-order valence-corrected chi connectivity index (χ1v) is 8.20. The largest absolute Gasteiger partial charge is 0.353 e. The molecule has 114 valence electrons. The standard InChI is InChI=1S/C18H21N3O/c22-18(15-5-3-6-15)21-12-10-20(11-13-21)17-16-7-2-1-4-14(16)8-9-19-17/h1-2,4,7-9,15H,3,5-6,10-13H2. The van der Waals surface area contributed by atoms with Crippen molar-refractivity contribution >= 4 is 22.5 Å². The first-order chi connectivity index (χ1) is 10.8. The van der Waals surface area contributed by atoms with Gasteiger partial charge < -0.3 is 9.80 Å². The molecule has 4 heteroatoms. The number of hydrogen-bond donors (Lipinski definition) is 0. The fourth-order valence-corrected chi connectivity index (χ4v) is 3.41. The molecule has 1 aromatic carbocycles. The third-order valence-electron chi connectivity index (χ3n) is 5.00. The van der Waals surface area contributed by atoms with Crippen LogP contribution in [0, 0.1) is 5.92 Å². The zero-order chi connectivity index (χ0) is 14.9. The molecular weight excluding hydrogens is 274 g/mol. The molecule has 1 amide bonds. The molecule has 1 saturated carbocycles. The van der Waals surface area contributed by atoms with Gasteiger partial charge >= 0.3 is 0 Å². The van der Waals surface area contributed by atoms with Gasteiger partial charge in [-0.05, 0) is 24.3 Å². The molecule has 1 saturated heterocycles. The van der Waals surface area contributed by atoms with Crippen LogP contribution < -0.4 is 4.90 Å². The minimum atomic E-state index is 0.308. The second kappa shape index (κ2) is 5.59. The molecule has 22 heavy (non-hydrogen) atoms. The highest BCUT2D eigenvalue weighted by Crippen LogP contribution is 2.29. The van der Waals surface area contributed by atoms with Crippen molar-refractivity contribution in [3.05, 3.63) is 36.5 Å². The van der Waals surface area contributed by atoms with E-state index in [-0.39, 0.29) is 0 Å². The molecule has 2 fully saturated rings. The minimum Gasteiger partial charge on any atom is -0.353 e. The molecule has 0 bridgehead atoms. The summed E-state index contributed by atoms with van der Waals surface area (Å²) in [6.07, 6.45) is 5.27. The van der Waals surface area contributed by atoms with Gasteiger partial charge in [-0.1, -0.05) is 30.7 Å². The van der Waals surface area contributed by atoms with Gasteiger partial charge in [0.1, 0.15) is 5.82 Å². The van der Waals surface area contributed by atoms with Crippen LogP contribution in [-0.4, -0.2) is 42.0 Å². The van der Waals surface area contributed by atoms with Crippen LogP contribution in [0.15, 0.2) is 36.5 Å². The fourth-order valence-electron chi connectivity index (χ4n) is 3.41. The first kappa shape index (κ1) is 13.6. The molecule has 1 aromatic heterocycles. The Balaban J connectivity index is 1.49. The van der Waals surface area contributed by atoms with Crippen LogP contribution in [0.5, 0.6) is 0 Å². The van der Waals surface area contributed by atoms with Crippen LogP contribution in [0.1, 0.15) is 19.3 Å². The van der Waals surface area contributed by atoms with Crippen LogP contribution in [0.25, 0.3) is 10.8 Å². The van der Waals surface area contributed by atoms with Crippen molar-refractivity contribution < 1.29 is 4.79 Å². The van der Waals surface area contributed by atoms with Gasteiger partial charge in [-0.15, -0.1) is 0 Å². The lowest BCUT2D eigenvalue weighted by Gasteiger charge is -2.39. The second-order valence-corrected chi connectivity index (χ2v) is 6.30. The summed E-state index contributed by atoms with van der Waals surface area (Å²) in [4.78, 5) is 21.3. The maximum absolute atomic E-state index is 12.3. The van der Waals surface area contributed by atoms with E-state index in [2.05, 4.69) is 40.2 Å². The molecule has 1 aliphatic carbocycles. The number of pyridine rings is 1. The number of anilines is 1. The monoisotopic (exact) mass is 295 g/mol. The van der Waals surface area contributed by atoms with Crippen molar-refractivity contribution in [2.45, 2.75) is 19.3 Å². The number of amides is 1. The smallest absolute Gasteiger partial charge is 0.225 e. The van der Waals surface area contributed by atoms with E-state index in [9.17, 15) is 4.79 Å². The Morgan fingerprint density at radius 1 is 1.05 bits per heavy atom. The van der Waals surface area contributed by atoms with E-state index in [1.165, 1.54) is 17.2 Å². The highest BCUT2D eigenvalue weighted by atomic mass is 16.2. The highest BCUT2D eigenvalue weighted by molar-refractivity contribution is 5.92. The highest BCUT2D eigenvalue weighted by Gasteiger charge is 2.31. The summed E-state index contributed by atoms with van der Waals surface area (Å²) in [6, 6.07) is 10.4. The third kappa shape index (κ3) is 2.32. The Labute approximate surface area is 130 Å². The Morgan fingerprint density at radius 3 is 2.55 bits per heavy atom. The van der Waals surface area contributed by atoms with Crippen molar-refractivity contribution in [1.29, 1.82) is 0 Å². The molecule has 4 rings (SSSR count). The van der Waals surface area contributed by atoms with Crippen molar-refractivity contribution in [2.24, 2.45) is 5.92 Å². The fraction of sp³-hybridized carbons (Fsp3) is 0.444. The maximum Gasteiger partial charge on any atom is 0.225 e. The normalized spacial score (nSPS) is 19.3. The number of carbonyl (C=O) groups is 1. The number of fused-ring (bicyclic) bond motifs is 1. The molecule has 2 heterocycles. The number of piperazine rings is 1. The van der Waals surface area contributed by atoms with Crippen molar-refractivity contribution in [3.63, 3.8) is 0 Å². The number of carbonyl (C=O) groups excluding carboxylic acids is 1. The summed E-state index contributed by atoms with van der Waals surface area (Å²) in [5.41, 5.74) is 0. The molecular formula is C18H21N3O. The average Bonchev–Trinajstić information content (AvgIpc) is 2.53. The van der Waals surface area contributed by atoms with Gasteiger partial charge in [0, 0.05) is 43.7 Å². The van der Waals surface area contributed by atoms with Crippen LogP contribution >= 0.6 is 0 Å². The van der Waals surface area contributed by atoms with E-state index >= 15 is 0 Å². The van der Waals surface area contributed by atoms with Gasteiger partial charge in [-0.3, -0.25) is 4.79 Å². The average molecular weight is 295 g/mol. The number of rotatable bonds is 2. The van der Waals surface area contributed by atoms with Crippen LogP contribution in [0.3, 0.4) is 0 Å². The van der Waals surface area contributed by atoms with Gasteiger partial charge in [-0.25, -0.2) is 4.98 Å². The zero-order valence-corrected chi connectivity index (χ0v) is 12.7. The molecule has 0 N–H and O–H groups in total. The van der Waals surface area contributed by atoms with E-state index in [1.54, 1.807) is 0 Å². The Morgan fingerprint density at radius 2 is 1.82 bits per heavy atom. The van der Waals surface area contributed by atoms with Crippen LogP contribution in [-0.2, 0) is 4.79 Å². The van der Waals surface area contributed by atoms with Gasteiger partial charge in [0.2, 0.25) is 5.91 Å². The first-order valence-electron chi connectivity index (χ1n) is 8.20. The molecule has 4 nitrogen and oxygen atoms in total. The summed E-state index contributed by atoms with van der Waals surface area (Å²) in [5.74, 6) is 1.73. The molecule has 0 radical (unpaired) electrons. The van der Waals surface area contributed by atoms with Gasteiger partial charge in [-0.2, -0.15) is 0 Å². The quantitative estimate of drug-likeness (QED) is 0.854. The molecule has 1 aliphatic heterocycles. The maximum atomic E-state index is 12.3. The summed E-state index contributed by atoms with van der Waals surface area (Å²) < 4.78 is 0. The SMILES string of the molecule is O=C(C1CCC1)N1CCN(c2nccc3ccccc23)CC1. The lowest BCUT2D eigenvalue weighted by atomic mass is 9.84. The summed E-state index contributed by atoms with van der Waals surface area (Å²) in [7, 11) is 0. The van der Waals surface area contributed by atoms with Gasteiger partial charge in [0.15, 0.2) is 0 Å². The second-order valence-electron chi connectivity index (χ2n) is 6.30. The summed E-state index contributed by atoms with van der Waals surface area (Å²) in [5, 5.41) is 2.42. The van der Waals surface area contributed by atoms with E-state index < -0.39 is 0 Å². The lowest BCUT2D eigenvalue weighted by molar-refractivity contribution is -0.138. The van der Waals surface area contributed by atoms with Crippen molar-refractivity contribution in [1.82, 2.24) is 9.88 Å². The predicted molar refractivity (Wildman–Crippen MR) is 87.9 cm³/mol. The third-order valence-corrected chi connectivity index (χ3v) is 5.00. The van der Waals surface area contributed by atoms with Crippen molar-refractivity contribution in [3.8, 4) is 0 Å². The van der Waals surface area contributed by atoms with Crippen LogP contribution in [0.2, 0.25) is 0 Å². The number of benzene rings is 1. The Hall–Kier alpha value is -2.10. The van der Waals surface area contributed by atoms with Gasteiger partial charge in [0.05, 0.1) is 0 Å². The predicted octanol–water partition coefficient (Wildman–Crippen LogP) is 2.68. The molecule has 0 unspecified atom stereocenters. The molecule has 0 atom stereocenters.